The van der Waals surface area contributed by atoms with Gasteiger partial charge in [0.1, 0.15) is 6.10 Å². The van der Waals surface area contributed by atoms with Gasteiger partial charge < -0.3 is 14.6 Å². The van der Waals surface area contributed by atoms with Crippen LogP contribution in [0.3, 0.4) is 0 Å². The third-order valence-corrected chi connectivity index (χ3v) is 1.32. The van der Waals surface area contributed by atoms with Crippen LogP contribution in [0, 0.1) is 0 Å². The molecule has 10 heavy (non-hydrogen) atoms. The summed E-state index contributed by atoms with van der Waals surface area (Å²) in [5.74, 6) is 0.728. The highest BCUT2D eigenvalue weighted by Crippen LogP contribution is 2.17. The molecule has 0 aliphatic carbocycles. The summed E-state index contributed by atoms with van der Waals surface area (Å²) in [4.78, 5) is 0. The second-order valence-corrected chi connectivity index (χ2v) is 2.21. The Balaban J connectivity index is 2.39. The number of hydrogen-bond donors (Lipinski definition) is 1. The molecule has 0 spiro atoms. The van der Waals surface area contributed by atoms with Gasteiger partial charge in [-0.1, -0.05) is 0 Å². The standard InChI is InChI=1S/C7H12O3/c1-3-9-7-6(8)4-5(2)10-7/h4,6-8H,3H2,1-2H3/t6-,7-/m1/s1. The van der Waals surface area contributed by atoms with E-state index in [4.69, 9.17) is 14.6 Å². The minimum absolute atomic E-state index is 0.481. The minimum Gasteiger partial charge on any atom is -0.467 e. The van der Waals surface area contributed by atoms with Gasteiger partial charge in [-0.2, -0.15) is 0 Å². The van der Waals surface area contributed by atoms with E-state index in [9.17, 15) is 0 Å². The maximum absolute atomic E-state index is 9.16. The lowest BCUT2D eigenvalue weighted by molar-refractivity contribution is -0.140. The van der Waals surface area contributed by atoms with E-state index in [0.29, 0.717) is 6.61 Å². The first-order valence-electron chi connectivity index (χ1n) is 3.38. The smallest absolute Gasteiger partial charge is 0.229 e. The summed E-state index contributed by atoms with van der Waals surface area (Å²) in [7, 11) is 0. The third-order valence-electron chi connectivity index (χ3n) is 1.32. The zero-order valence-electron chi connectivity index (χ0n) is 6.20. The van der Waals surface area contributed by atoms with Crippen molar-refractivity contribution < 1.29 is 14.6 Å². The van der Waals surface area contributed by atoms with Crippen LogP contribution in [0.15, 0.2) is 11.8 Å². The highest BCUT2D eigenvalue weighted by molar-refractivity contribution is 5.02. The van der Waals surface area contributed by atoms with E-state index in [2.05, 4.69) is 0 Å². The van der Waals surface area contributed by atoms with E-state index in [1.165, 1.54) is 0 Å². The van der Waals surface area contributed by atoms with Crippen LogP contribution in [0.25, 0.3) is 0 Å². The first kappa shape index (κ1) is 7.57. The first-order valence-corrected chi connectivity index (χ1v) is 3.38. The molecule has 0 amide bonds. The molecule has 0 aromatic rings. The molecule has 1 rings (SSSR count). The largest absolute Gasteiger partial charge is 0.467 e. The quantitative estimate of drug-likeness (QED) is 0.618. The van der Waals surface area contributed by atoms with Crippen molar-refractivity contribution in [3.63, 3.8) is 0 Å². The summed E-state index contributed by atoms with van der Waals surface area (Å²) in [5, 5.41) is 9.16. The average molecular weight is 144 g/mol. The molecule has 0 unspecified atom stereocenters. The van der Waals surface area contributed by atoms with Gasteiger partial charge in [0.15, 0.2) is 0 Å². The summed E-state index contributed by atoms with van der Waals surface area (Å²) in [5.41, 5.74) is 0. The van der Waals surface area contributed by atoms with Crippen LogP contribution >= 0.6 is 0 Å². The van der Waals surface area contributed by atoms with Crippen molar-refractivity contribution in [3.8, 4) is 0 Å². The molecule has 0 fully saturated rings. The van der Waals surface area contributed by atoms with Crippen molar-refractivity contribution in [2.45, 2.75) is 26.2 Å². The molecule has 3 nitrogen and oxygen atoms in total. The number of allylic oxidation sites excluding steroid dienone is 1. The molecule has 0 saturated carbocycles. The fourth-order valence-corrected chi connectivity index (χ4v) is 0.908. The maximum Gasteiger partial charge on any atom is 0.229 e. The predicted octanol–water partition coefficient (Wildman–Crippen LogP) is 0.644. The lowest BCUT2D eigenvalue weighted by Gasteiger charge is -2.14. The number of aliphatic hydroxyl groups excluding tert-OH is 1. The summed E-state index contributed by atoms with van der Waals surface area (Å²) >= 11 is 0. The van der Waals surface area contributed by atoms with Crippen molar-refractivity contribution in [3.05, 3.63) is 11.8 Å². The Morgan fingerprint density at radius 1 is 1.80 bits per heavy atom. The normalized spacial score (nSPS) is 31.7. The molecule has 0 aromatic carbocycles. The molecule has 1 aliphatic rings. The predicted molar refractivity (Wildman–Crippen MR) is 36.3 cm³/mol. The fourth-order valence-electron chi connectivity index (χ4n) is 0.908. The molecule has 0 radical (unpaired) electrons. The number of aliphatic hydroxyl groups is 1. The molecule has 1 N–H and O–H groups in total. The molecule has 2 atom stereocenters. The van der Waals surface area contributed by atoms with Crippen LogP contribution in [-0.4, -0.2) is 24.1 Å². The van der Waals surface area contributed by atoms with Crippen LogP contribution in [0.2, 0.25) is 0 Å². The number of hydrogen-bond acceptors (Lipinski definition) is 3. The van der Waals surface area contributed by atoms with Gasteiger partial charge in [-0.3, -0.25) is 0 Å². The van der Waals surface area contributed by atoms with Gasteiger partial charge in [-0.25, -0.2) is 0 Å². The van der Waals surface area contributed by atoms with Crippen molar-refractivity contribution in [2.75, 3.05) is 6.61 Å². The monoisotopic (exact) mass is 144 g/mol. The second kappa shape index (κ2) is 3.03. The fraction of sp³-hybridized carbons (Fsp3) is 0.714. The van der Waals surface area contributed by atoms with Gasteiger partial charge in [0.05, 0.1) is 5.76 Å². The Hall–Kier alpha value is -0.540. The maximum atomic E-state index is 9.16. The molecule has 3 heteroatoms. The Morgan fingerprint density at radius 3 is 2.90 bits per heavy atom. The number of rotatable bonds is 2. The van der Waals surface area contributed by atoms with E-state index in [-0.39, 0.29) is 0 Å². The van der Waals surface area contributed by atoms with E-state index >= 15 is 0 Å². The van der Waals surface area contributed by atoms with Crippen LogP contribution in [0.1, 0.15) is 13.8 Å². The summed E-state index contributed by atoms with van der Waals surface area (Å²) < 4.78 is 10.2. The Bertz CT molecular complexity index is 142. The highest BCUT2D eigenvalue weighted by atomic mass is 16.7. The van der Waals surface area contributed by atoms with Gasteiger partial charge in [0.25, 0.3) is 0 Å². The lowest BCUT2D eigenvalue weighted by atomic mass is 10.3. The molecule has 1 aliphatic heterocycles. The van der Waals surface area contributed by atoms with E-state index in [1.54, 1.807) is 13.0 Å². The van der Waals surface area contributed by atoms with Gasteiger partial charge in [0, 0.05) is 6.61 Å². The summed E-state index contributed by atoms with van der Waals surface area (Å²) in [6.45, 7) is 4.22. The van der Waals surface area contributed by atoms with Crippen LogP contribution in [0.4, 0.5) is 0 Å². The lowest BCUT2D eigenvalue weighted by Crippen LogP contribution is -2.24. The third kappa shape index (κ3) is 1.49. The highest BCUT2D eigenvalue weighted by Gasteiger charge is 2.25. The molecule has 1 heterocycles. The van der Waals surface area contributed by atoms with Gasteiger partial charge in [-0.05, 0) is 19.9 Å². The molecular weight excluding hydrogens is 132 g/mol. The first-order chi connectivity index (χ1) is 4.74. The number of ether oxygens (including phenoxy) is 2. The molecule has 0 saturated heterocycles. The van der Waals surface area contributed by atoms with Crippen molar-refractivity contribution in [1.82, 2.24) is 0 Å². The zero-order chi connectivity index (χ0) is 7.56. The van der Waals surface area contributed by atoms with Crippen molar-refractivity contribution in [1.29, 1.82) is 0 Å². The topological polar surface area (TPSA) is 38.7 Å². The molecule has 0 aromatic heterocycles. The van der Waals surface area contributed by atoms with Crippen LogP contribution in [0.5, 0.6) is 0 Å². The molecule has 58 valence electrons. The summed E-state index contributed by atoms with van der Waals surface area (Å²) in [6.07, 6.45) is 0.560. The SMILES string of the molecule is CCO[C@@H]1OC(C)=C[C@H]1O. The zero-order valence-corrected chi connectivity index (χ0v) is 6.20. The van der Waals surface area contributed by atoms with Crippen LogP contribution in [-0.2, 0) is 9.47 Å². The Morgan fingerprint density at radius 2 is 2.50 bits per heavy atom. The second-order valence-electron chi connectivity index (χ2n) is 2.21. The molecular formula is C7H12O3. The van der Waals surface area contributed by atoms with Gasteiger partial charge in [-0.15, -0.1) is 0 Å². The van der Waals surface area contributed by atoms with Gasteiger partial charge >= 0.3 is 0 Å². The summed E-state index contributed by atoms with van der Waals surface area (Å²) in [6, 6.07) is 0. The van der Waals surface area contributed by atoms with Crippen LogP contribution < -0.4 is 0 Å². The Kier molecular flexibility index (Phi) is 2.29. The van der Waals surface area contributed by atoms with Crippen molar-refractivity contribution >= 4 is 0 Å². The average Bonchev–Trinajstić information content (AvgIpc) is 2.13. The minimum atomic E-state index is -0.597. The van der Waals surface area contributed by atoms with Crippen molar-refractivity contribution in [2.24, 2.45) is 0 Å². The molecule has 0 bridgehead atoms. The Labute approximate surface area is 60.3 Å². The van der Waals surface area contributed by atoms with Gasteiger partial charge in [0.2, 0.25) is 6.29 Å². The van der Waals surface area contributed by atoms with E-state index in [0.717, 1.165) is 5.76 Å². The van der Waals surface area contributed by atoms with E-state index < -0.39 is 12.4 Å². The van der Waals surface area contributed by atoms with E-state index in [1.807, 2.05) is 6.92 Å².